The maximum Gasteiger partial charge on any atom is 0.0629 e. The van der Waals surface area contributed by atoms with E-state index in [9.17, 15) is 0 Å². The number of anilines is 9. The van der Waals surface area contributed by atoms with Crippen LogP contribution in [-0.2, 0) is 0 Å². The van der Waals surface area contributed by atoms with Gasteiger partial charge in [0.15, 0.2) is 0 Å². The number of nitrogens with zero attached hydrogens (tertiary/aromatic N) is 5. The fourth-order valence-electron chi connectivity index (χ4n) is 20.3. The van der Waals surface area contributed by atoms with E-state index in [-0.39, 0.29) is 89.2 Å². The van der Waals surface area contributed by atoms with Crippen LogP contribution in [0.2, 0.25) is 0 Å². The fourth-order valence-corrected chi connectivity index (χ4v) is 20.3. The first-order valence-electron chi connectivity index (χ1n) is 56.3. The van der Waals surface area contributed by atoms with E-state index in [2.05, 4.69) is 351 Å². The minimum atomic E-state index is -0.428. The van der Waals surface area contributed by atoms with Crippen LogP contribution in [0.1, 0.15) is 34.4 Å². The van der Waals surface area contributed by atoms with E-state index in [0.717, 1.165) is 140 Å². The predicted octanol–water partition coefficient (Wildman–Crippen LogP) is 39.5. The van der Waals surface area contributed by atoms with Crippen LogP contribution in [0.15, 0.2) is 576 Å². The summed E-state index contributed by atoms with van der Waals surface area (Å²) in [5, 5.41) is 12.1. The number of rotatable bonds is 20. The largest absolute Gasteiger partial charge is 0.311 e. The molecule has 686 valence electrons. The summed E-state index contributed by atoms with van der Waals surface area (Å²) in [4.78, 5) is 6.42. The van der Waals surface area contributed by atoms with Gasteiger partial charge in [-0.1, -0.05) is 426 Å². The second-order valence-electron chi connectivity index (χ2n) is 35.6. The molecule has 0 radical (unpaired) electrons. The number of hydrogen-bond donors (Lipinski definition) is 0. The van der Waals surface area contributed by atoms with Crippen molar-refractivity contribution < 1.29 is 20.6 Å². The normalized spacial score (nSPS) is 12.7. The molecule has 145 heavy (non-hydrogen) atoms. The zero-order valence-corrected chi connectivity index (χ0v) is 79.4. The van der Waals surface area contributed by atoms with Gasteiger partial charge in [0.1, 0.15) is 0 Å². The lowest BCUT2D eigenvalue weighted by Gasteiger charge is -2.26. The van der Waals surface area contributed by atoms with E-state index >= 15 is 0 Å². The Morgan fingerprint density at radius 1 is 0.159 bits per heavy atom. The molecule has 0 spiro atoms. The van der Waals surface area contributed by atoms with Crippen molar-refractivity contribution in [2.75, 3.05) is 14.7 Å². The van der Waals surface area contributed by atoms with Gasteiger partial charge in [0.2, 0.25) is 0 Å². The Hall–Kier alpha value is -18.9. The van der Waals surface area contributed by atoms with Gasteiger partial charge < -0.3 is 23.8 Å². The molecule has 26 aromatic rings. The maximum atomic E-state index is 8.64. The van der Waals surface area contributed by atoms with Crippen molar-refractivity contribution in [3.05, 3.63) is 576 Å². The third kappa shape index (κ3) is 17.5. The van der Waals surface area contributed by atoms with Gasteiger partial charge in [-0.05, 0) is 285 Å². The van der Waals surface area contributed by atoms with Crippen molar-refractivity contribution >= 4 is 127 Å². The van der Waals surface area contributed by atoms with Crippen LogP contribution < -0.4 is 14.7 Å². The van der Waals surface area contributed by atoms with Crippen LogP contribution in [0, 0.1) is 0 Å². The fraction of sp³-hybridized carbons (Fsp3) is 0.0143. The molecular weight excluding hydrogens is 1750 g/mol. The third-order valence-corrected chi connectivity index (χ3v) is 27.2. The standard InChI is InChI=1S/C76H53N3.C62H42N2.C2H6/c1-6-18-54(19-7-1)56-30-40-68(41-31-56)77(65-23-10-3-11-24-65)70-44-34-58(35-45-70)62-50-63(59-36-46-71(47-37-59)78(66-25-12-4-13-26-66)69-42-32-57(33-43-69)55-20-8-2-9-21-55)52-64(51-62)61-39-48-73-74-49-38-60-22-16-17-29-72(60)76(74)79(75(73)53-61)67-27-14-5-15-28-67;1-4-14-43(15-5-1)46-28-35-52(36-29-46)63(51-18-8-3-9-19-51)53-37-30-48(31-38-53)45-24-26-49(27-25-45)50-34-41-59-60(42-50)64(54-39-32-47(33-40-54)44-16-6-2-7-17-44)62-58-23-13-11-21-56(58)55-20-10-12-22-57(55)61(59)62;1-2/h1-53H;1-42H;1-2H3/i1D,2D,6D,7D,8D,9D,18D,19D,20D,21D;1D,4D,5D,14D,15D;. The highest BCUT2D eigenvalue weighted by atomic mass is 15.2. The second kappa shape index (κ2) is 39.7. The highest BCUT2D eigenvalue weighted by Crippen LogP contribution is 2.49. The maximum absolute atomic E-state index is 8.64. The molecule has 0 fully saturated rings. The average molecular weight is 1870 g/mol. The smallest absolute Gasteiger partial charge is 0.0629 e. The molecule has 0 saturated heterocycles. The zero-order chi connectivity index (χ0) is 110. The van der Waals surface area contributed by atoms with Crippen molar-refractivity contribution in [3.63, 3.8) is 0 Å². The summed E-state index contributed by atoms with van der Waals surface area (Å²) in [5.41, 5.74) is 29.8. The lowest BCUT2D eigenvalue weighted by atomic mass is 9.92. The van der Waals surface area contributed by atoms with Crippen LogP contribution in [0.25, 0.3) is 187 Å². The Morgan fingerprint density at radius 2 is 0.407 bits per heavy atom. The summed E-state index contributed by atoms with van der Waals surface area (Å²) in [6, 6.07) is 163. The van der Waals surface area contributed by atoms with Gasteiger partial charge in [0.25, 0.3) is 0 Å². The lowest BCUT2D eigenvalue weighted by Crippen LogP contribution is -2.09. The molecule has 0 aliphatic rings. The van der Waals surface area contributed by atoms with E-state index in [1.807, 2.05) is 147 Å². The Bertz CT molecular complexity index is 9790. The Labute approximate surface area is 867 Å². The Kier molecular flexibility index (Phi) is 20.1. The summed E-state index contributed by atoms with van der Waals surface area (Å²) in [5.74, 6) is 0. The number of para-hydroxylation sites is 4. The molecule has 2 aromatic heterocycles. The van der Waals surface area contributed by atoms with Crippen molar-refractivity contribution in [2.45, 2.75) is 13.8 Å². The predicted molar refractivity (Wildman–Crippen MR) is 618 cm³/mol. The molecule has 0 bridgehead atoms. The molecule has 5 nitrogen and oxygen atoms in total. The number of hydrogen-bond acceptors (Lipinski definition) is 3. The minimum absolute atomic E-state index is 0.151. The molecule has 0 unspecified atom stereocenters. The first-order valence-corrected chi connectivity index (χ1v) is 48.8. The molecule has 0 aliphatic carbocycles. The van der Waals surface area contributed by atoms with Gasteiger partial charge >= 0.3 is 0 Å². The quantitative estimate of drug-likeness (QED) is 0.0709. The van der Waals surface area contributed by atoms with Crippen LogP contribution in [0.3, 0.4) is 0 Å². The average Bonchev–Trinajstić information content (AvgIpc) is 1.54. The van der Waals surface area contributed by atoms with Crippen LogP contribution in [0.4, 0.5) is 51.2 Å². The first kappa shape index (κ1) is 73.3. The summed E-state index contributed by atoms with van der Waals surface area (Å²) in [6.45, 7) is 4.00. The molecule has 26 rings (SSSR count). The van der Waals surface area contributed by atoms with E-state index in [1.165, 1.54) is 65.1 Å². The van der Waals surface area contributed by atoms with Gasteiger partial charge in [-0.3, -0.25) is 0 Å². The summed E-state index contributed by atoms with van der Waals surface area (Å²) in [6.07, 6.45) is 0. The van der Waals surface area contributed by atoms with E-state index in [4.69, 9.17) is 20.6 Å². The molecule has 0 aliphatic heterocycles. The van der Waals surface area contributed by atoms with Crippen molar-refractivity contribution in [2.24, 2.45) is 0 Å². The minimum Gasteiger partial charge on any atom is -0.311 e. The van der Waals surface area contributed by atoms with Crippen LogP contribution >= 0.6 is 0 Å². The monoisotopic (exact) mass is 1870 g/mol. The van der Waals surface area contributed by atoms with Crippen molar-refractivity contribution in [3.8, 4) is 112 Å². The molecule has 0 amide bonds. The zero-order valence-electron chi connectivity index (χ0n) is 94.4. The Balaban J connectivity index is 0.000000170. The summed E-state index contributed by atoms with van der Waals surface area (Å²) >= 11 is 0. The van der Waals surface area contributed by atoms with Crippen LogP contribution in [0.5, 0.6) is 0 Å². The van der Waals surface area contributed by atoms with Gasteiger partial charge in [-0.15, -0.1) is 0 Å². The molecule has 0 N–H and O–H groups in total. The molecule has 0 saturated carbocycles. The lowest BCUT2D eigenvalue weighted by molar-refractivity contribution is 1.19. The Morgan fingerprint density at radius 3 is 0.821 bits per heavy atom. The SMILES string of the molecule is CC.[2H]c1c([2H])c([2H])c(-c2ccc(N(c3ccccc3)c3ccc(-c4cc(-c5ccc(N(c6ccccc6)c6ccc(-c7c([2H])c([2H])c([2H])c([2H])c7[2H])cc6)cc5)cc(-c5ccc6c7ccc8ccccc8c7n(-c7ccccc7)c6c5)c4)cc3)cc2)c([2H])c1[2H].[2H]c1c([2H])c([2H])c(-c2ccc(N(c3ccccc3)c3ccc(-c4ccc(-c5ccc6c7c8ccccc8c8ccccc8c7n(-c7ccc(-c8ccccc8)cc7)c6c5)cc4)cc3)cc2)c([2H])c1[2H]. The first-order chi connectivity index (χ1) is 78.1. The summed E-state index contributed by atoms with van der Waals surface area (Å²) < 4.78 is 130. The van der Waals surface area contributed by atoms with Crippen molar-refractivity contribution in [1.29, 1.82) is 0 Å². The van der Waals surface area contributed by atoms with Gasteiger partial charge in [0, 0.05) is 94.9 Å². The number of aromatic nitrogens is 2. The topological polar surface area (TPSA) is 19.6 Å². The number of benzene rings is 24. The number of fused-ring (bicyclic) bond motifs is 13. The highest BCUT2D eigenvalue weighted by Gasteiger charge is 2.25. The summed E-state index contributed by atoms with van der Waals surface area (Å²) in [7, 11) is 0. The van der Waals surface area contributed by atoms with Gasteiger partial charge in [-0.25, -0.2) is 0 Å². The van der Waals surface area contributed by atoms with E-state index in [0.29, 0.717) is 16.7 Å². The molecule has 5 heteroatoms. The van der Waals surface area contributed by atoms with Gasteiger partial charge in [0.05, 0.1) is 42.6 Å². The van der Waals surface area contributed by atoms with E-state index in [1.54, 1.807) is 24.3 Å². The molecule has 24 aromatic carbocycles. The molecular formula is C140H101N5. The third-order valence-electron chi connectivity index (χ3n) is 27.2. The van der Waals surface area contributed by atoms with Crippen LogP contribution in [-0.4, -0.2) is 9.13 Å². The molecule has 2 heterocycles. The highest BCUT2D eigenvalue weighted by molar-refractivity contribution is 6.32. The van der Waals surface area contributed by atoms with E-state index < -0.39 is 18.1 Å². The molecule has 0 atom stereocenters. The second-order valence-corrected chi connectivity index (χ2v) is 35.6. The van der Waals surface area contributed by atoms with Crippen molar-refractivity contribution in [1.82, 2.24) is 9.13 Å². The van der Waals surface area contributed by atoms with Gasteiger partial charge in [-0.2, -0.15) is 0 Å².